The van der Waals surface area contributed by atoms with Crippen molar-refractivity contribution in [1.29, 1.82) is 0 Å². The average molecular weight is 317 g/mol. The highest BCUT2D eigenvalue weighted by Gasteiger charge is 2.29. The number of nitrogens with zero attached hydrogens (tertiary/aromatic N) is 1. The van der Waals surface area contributed by atoms with Crippen LogP contribution < -0.4 is 4.90 Å². The van der Waals surface area contributed by atoms with E-state index in [0.29, 0.717) is 5.75 Å². The number of aromatic hydroxyl groups is 2. The predicted octanol–water partition coefficient (Wildman–Crippen LogP) is 4.25. The van der Waals surface area contributed by atoms with Gasteiger partial charge in [-0.2, -0.15) is 0 Å². The Hall–Kier alpha value is -2.94. The first-order valence-electron chi connectivity index (χ1n) is 8.15. The molecule has 24 heavy (non-hydrogen) atoms. The van der Waals surface area contributed by atoms with Gasteiger partial charge < -0.3 is 15.1 Å². The zero-order valence-corrected chi connectivity index (χ0v) is 13.3. The summed E-state index contributed by atoms with van der Waals surface area (Å²) in [5, 5.41) is 19.4. The van der Waals surface area contributed by atoms with E-state index in [4.69, 9.17) is 0 Å². The van der Waals surface area contributed by atoms with Crippen LogP contribution in [0.2, 0.25) is 0 Å². The van der Waals surface area contributed by atoms with Crippen molar-refractivity contribution in [2.24, 2.45) is 0 Å². The summed E-state index contributed by atoms with van der Waals surface area (Å²) >= 11 is 0. The normalized spacial score (nSPS) is 16.7. The molecule has 0 radical (unpaired) electrons. The van der Waals surface area contributed by atoms with Gasteiger partial charge in [0.05, 0.1) is 6.04 Å². The fourth-order valence-electron chi connectivity index (χ4n) is 3.53. The molecular formula is C21H19NO2. The smallest absolute Gasteiger partial charge is 0.115 e. The minimum absolute atomic E-state index is 0.0973. The summed E-state index contributed by atoms with van der Waals surface area (Å²) < 4.78 is 0. The Balaban J connectivity index is 1.84. The summed E-state index contributed by atoms with van der Waals surface area (Å²) in [4.78, 5) is 2.36. The quantitative estimate of drug-likeness (QED) is 0.742. The van der Waals surface area contributed by atoms with Gasteiger partial charge in [-0.25, -0.2) is 0 Å². The van der Waals surface area contributed by atoms with Crippen molar-refractivity contribution in [3.05, 3.63) is 89.5 Å². The molecule has 0 saturated carbocycles. The Labute approximate surface area is 141 Å². The van der Waals surface area contributed by atoms with E-state index in [-0.39, 0.29) is 11.8 Å². The molecule has 1 aliphatic rings. The van der Waals surface area contributed by atoms with Gasteiger partial charge in [0.2, 0.25) is 0 Å². The van der Waals surface area contributed by atoms with E-state index in [1.165, 1.54) is 16.7 Å². The van der Waals surface area contributed by atoms with Gasteiger partial charge in [0.1, 0.15) is 11.5 Å². The molecule has 0 aliphatic carbocycles. The van der Waals surface area contributed by atoms with Crippen LogP contribution in [0.1, 0.15) is 22.7 Å². The molecule has 0 aromatic heterocycles. The van der Waals surface area contributed by atoms with Gasteiger partial charge in [-0.3, -0.25) is 0 Å². The van der Waals surface area contributed by atoms with Crippen molar-refractivity contribution < 1.29 is 10.2 Å². The molecule has 1 aliphatic heterocycles. The summed E-state index contributed by atoms with van der Waals surface area (Å²) in [7, 11) is 0. The SMILES string of the molecule is Oc1ccc(N2CCc3cc(O)ccc3C2c2ccccc2)cc1. The van der Waals surface area contributed by atoms with E-state index in [1.807, 2.05) is 30.3 Å². The van der Waals surface area contributed by atoms with E-state index in [1.54, 1.807) is 18.2 Å². The molecule has 3 aromatic carbocycles. The van der Waals surface area contributed by atoms with E-state index in [2.05, 4.69) is 29.2 Å². The highest BCUT2D eigenvalue weighted by atomic mass is 16.3. The third kappa shape index (κ3) is 2.58. The third-order valence-electron chi connectivity index (χ3n) is 4.65. The maximum absolute atomic E-state index is 9.82. The topological polar surface area (TPSA) is 43.7 Å². The largest absolute Gasteiger partial charge is 0.508 e. The van der Waals surface area contributed by atoms with Gasteiger partial charge in [-0.05, 0) is 59.5 Å². The Morgan fingerprint density at radius 1 is 0.792 bits per heavy atom. The first-order valence-corrected chi connectivity index (χ1v) is 8.15. The molecule has 3 aromatic rings. The van der Waals surface area contributed by atoms with Crippen molar-refractivity contribution >= 4 is 5.69 Å². The summed E-state index contributed by atoms with van der Waals surface area (Å²) in [5.74, 6) is 0.594. The van der Waals surface area contributed by atoms with E-state index in [9.17, 15) is 10.2 Å². The second-order valence-electron chi connectivity index (χ2n) is 6.16. The van der Waals surface area contributed by atoms with Crippen LogP contribution in [0.5, 0.6) is 11.5 Å². The van der Waals surface area contributed by atoms with Crippen LogP contribution >= 0.6 is 0 Å². The zero-order chi connectivity index (χ0) is 16.5. The summed E-state index contributed by atoms with van der Waals surface area (Å²) in [5.41, 5.74) is 4.72. The number of anilines is 1. The van der Waals surface area contributed by atoms with Crippen LogP contribution in [0.3, 0.4) is 0 Å². The lowest BCUT2D eigenvalue weighted by Gasteiger charge is -2.39. The molecule has 1 heterocycles. The van der Waals surface area contributed by atoms with Crippen molar-refractivity contribution in [2.45, 2.75) is 12.5 Å². The number of rotatable bonds is 2. The minimum Gasteiger partial charge on any atom is -0.508 e. The Bertz CT molecular complexity index is 843. The van der Waals surface area contributed by atoms with Crippen molar-refractivity contribution in [3.8, 4) is 11.5 Å². The lowest BCUT2D eigenvalue weighted by Crippen LogP contribution is -2.36. The van der Waals surface area contributed by atoms with Crippen molar-refractivity contribution in [1.82, 2.24) is 0 Å². The number of phenols is 2. The highest BCUT2D eigenvalue weighted by molar-refractivity contribution is 5.57. The Kier molecular flexibility index (Phi) is 3.62. The molecule has 4 rings (SSSR count). The van der Waals surface area contributed by atoms with Gasteiger partial charge in [0.25, 0.3) is 0 Å². The molecule has 3 heteroatoms. The molecule has 1 unspecified atom stereocenters. The summed E-state index contributed by atoms with van der Waals surface area (Å²) in [6.45, 7) is 0.862. The van der Waals surface area contributed by atoms with Crippen LogP contribution in [0, 0.1) is 0 Å². The van der Waals surface area contributed by atoms with Crippen LogP contribution in [0.25, 0.3) is 0 Å². The molecule has 2 N–H and O–H groups in total. The maximum atomic E-state index is 9.82. The summed E-state index contributed by atoms with van der Waals surface area (Å²) in [6.07, 6.45) is 0.883. The number of phenolic OH excluding ortho intramolecular Hbond substituents is 2. The molecule has 1 atom stereocenters. The molecule has 0 saturated heterocycles. The number of fused-ring (bicyclic) bond motifs is 1. The van der Waals surface area contributed by atoms with Crippen LogP contribution in [0.15, 0.2) is 72.8 Å². The first-order chi connectivity index (χ1) is 11.7. The second-order valence-corrected chi connectivity index (χ2v) is 6.16. The molecule has 0 amide bonds. The monoisotopic (exact) mass is 317 g/mol. The molecule has 3 nitrogen and oxygen atoms in total. The number of benzene rings is 3. The Morgan fingerprint density at radius 2 is 1.50 bits per heavy atom. The van der Waals surface area contributed by atoms with Crippen LogP contribution in [-0.2, 0) is 6.42 Å². The van der Waals surface area contributed by atoms with Gasteiger partial charge in [-0.15, -0.1) is 0 Å². The molecule has 0 bridgehead atoms. The van der Waals surface area contributed by atoms with Crippen molar-refractivity contribution in [2.75, 3.05) is 11.4 Å². The molecule has 0 fully saturated rings. The highest BCUT2D eigenvalue weighted by Crippen LogP contribution is 2.39. The van der Waals surface area contributed by atoms with Gasteiger partial charge in [-0.1, -0.05) is 36.4 Å². The van der Waals surface area contributed by atoms with E-state index < -0.39 is 0 Å². The number of hydrogen-bond donors (Lipinski definition) is 2. The standard InChI is InChI=1S/C21H19NO2/c23-18-8-6-17(7-9-18)22-13-12-16-14-19(24)10-11-20(16)21(22)15-4-2-1-3-5-15/h1-11,14,21,23-24H,12-13H2. The maximum Gasteiger partial charge on any atom is 0.115 e. The Morgan fingerprint density at radius 3 is 2.25 bits per heavy atom. The second kappa shape index (κ2) is 5.93. The number of hydrogen-bond acceptors (Lipinski definition) is 3. The lowest BCUT2D eigenvalue weighted by molar-refractivity contribution is 0.472. The molecular weight excluding hydrogens is 298 g/mol. The fourth-order valence-corrected chi connectivity index (χ4v) is 3.53. The molecule has 0 spiro atoms. The van der Waals surface area contributed by atoms with Gasteiger partial charge >= 0.3 is 0 Å². The van der Waals surface area contributed by atoms with Gasteiger partial charge in [0.15, 0.2) is 0 Å². The predicted molar refractivity (Wildman–Crippen MR) is 95.5 cm³/mol. The zero-order valence-electron chi connectivity index (χ0n) is 13.3. The van der Waals surface area contributed by atoms with Crippen molar-refractivity contribution in [3.63, 3.8) is 0 Å². The van der Waals surface area contributed by atoms with Gasteiger partial charge in [0, 0.05) is 12.2 Å². The summed E-state index contributed by atoms with van der Waals surface area (Å²) in [6, 6.07) is 23.5. The fraction of sp³-hybridized carbons (Fsp3) is 0.143. The first kappa shape index (κ1) is 14.6. The minimum atomic E-state index is 0.0973. The lowest BCUT2D eigenvalue weighted by atomic mass is 9.87. The average Bonchev–Trinajstić information content (AvgIpc) is 2.62. The van der Waals surface area contributed by atoms with E-state index >= 15 is 0 Å². The van der Waals surface area contributed by atoms with Crippen LogP contribution in [0.4, 0.5) is 5.69 Å². The molecule has 120 valence electrons. The third-order valence-corrected chi connectivity index (χ3v) is 4.65. The van der Waals surface area contributed by atoms with Crippen LogP contribution in [-0.4, -0.2) is 16.8 Å². The van der Waals surface area contributed by atoms with E-state index in [0.717, 1.165) is 18.7 Å².